The average Bonchev–Trinajstić information content (AvgIpc) is 2.55. The maximum Gasteiger partial charge on any atom is 0.262 e. The summed E-state index contributed by atoms with van der Waals surface area (Å²) in [4.78, 5) is 20.4. The van der Waals surface area contributed by atoms with Gasteiger partial charge in [0.25, 0.3) is 5.91 Å². The fourth-order valence-electron chi connectivity index (χ4n) is 2.16. The van der Waals surface area contributed by atoms with Crippen molar-refractivity contribution in [2.75, 3.05) is 11.9 Å². The minimum atomic E-state index is -0.263. The Labute approximate surface area is 155 Å². The van der Waals surface area contributed by atoms with Gasteiger partial charge in [0, 0.05) is 8.95 Å². The predicted molar refractivity (Wildman–Crippen MR) is 100 cm³/mol. The second kappa shape index (κ2) is 7.27. The first kappa shape index (κ1) is 16.9. The highest BCUT2D eigenvalue weighted by Crippen LogP contribution is 2.25. The number of hydrogen-bond acceptors (Lipinski definition) is 4. The summed E-state index contributed by atoms with van der Waals surface area (Å²) in [6.45, 7) is 1.84. The number of rotatable bonds is 4. The molecular weight excluding hydrogens is 438 g/mol. The van der Waals surface area contributed by atoms with E-state index >= 15 is 0 Å². The molecule has 0 atom stereocenters. The number of halogens is 2. The fourth-order valence-corrected chi connectivity index (χ4v) is 3.12. The van der Waals surface area contributed by atoms with E-state index in [1.54, 1.807) is 0 Å². The van der Waals surface area contributed by atoms with Crippen molar-refractivity contribution in [1.29, 1.82) is 0 Å². The number of hydrogen-bond donors (Lipinski definition) is 1. The van der Waals surface area contributed by atoms with E-state index in [1.807, 2.05) is 43.3 Å². The Morgan fingerprint density at radius 1 is 1.17 bits per heavy atom. The summed E-state index contributed by atoms with van der Waals surface area (Å²) in [6.07, 6.45) is 1.42. The van der Waals surface area contributed by atoms with E-state index in [9.17, 15) is 4.79 Å². The first-order valence-corrected chi connectivity index (χ1v) is 8.70. The van der Waals surface area contributed by atoms with Crippen LogP contribution in [-0.4, -0.2) is 22.5 Å². The van der Waals surface area contributed by atoms with Crippen LogP contribution in [0.2, 0.25) is 0 Å². The normalized spacial score (nSPS) is 10.6. The molecule has 1 N–H and O–H groups in total. The lowest BCUT2D eigenvalue weighted by molar-refractivity contribution is -0.118. The maximum atomic E-state index is 12.1. The number of ether oxygens (including phenoxy) is 1. The molecule has 3 aromatic rings. The van der Waals surface area contributed by atoms with Gasteiger partial charge in [-0.3, -0.25) is 4.79 Å². The van der Waals surface area contributed by atoms with Crippen LogP contribution in [0.1, 0.15) is 5.56 Å². The van der Waals surface area contributed by atoms with Crippen LogP contribution in [0.3, 0.4) is 0 Å². The van der Waals surface area contributed by atoms with Gasteiger partial charge in [-0.2, -0.15) is 0 Å². The Morgan fingerprint density at radius 2 is 2.00 bits per heavy atom. The molecule has 0 unspecified atom stereocenters. The van der Waals surface area contributed by atoms with Gasteiger partial charge in [0.15, 0.2) is 6.61 Å². The standard InChI is InChI=1S/C17H13Br2N3O2/c1-10-2-4-15(13(19)6-10)22-16(23)8-24-17-12-7-11(18)3-5-14(12)20-9-21-17/h2-7,9H,8H2,1H3,(H,22,23). The Morgan fingerprint density at radius 3 is 2.79 bits per heavy atom. The smallest absolute Gasteiger partial charge is 0.262 e. The molecule has 0 aliphatic heterocycles. The number of benzene rings is 2. The monoisotopic (exact) mass is 449 g/mol. The predicted octanol–water partition coefficient (Wildman–Crippen LogP) is 4.48. The van der Waals surface area contributed by atoms with Crippen LogP contribution < -0.4 is 10.1 Å². The van der Waals surface area contributed by atoms with Gasteiger partial charge in [0.1, 0.15) is 6.33 Å². The van der Waals surface area contributed by atoms with Crippen LogP contribution in [0.15, 0.2) is 51.7 Å². The third-order valence-electron chi connectivity index (χ3n) is 3.30. The molecule has 0 radical (unpaired) electrons. The molecule has 0 fully saturated rings. The quantitative estimate of drug-likeness (QED) is 0.636. The highest BCUT2D eigenvalue weighted by molar-refractivity contribution is 9.10. The van der Waals surface area contributed by atoms with Gasteiger partial charge >= 0.3 is 0 Å². The number of carbonyl (C=O) groups is 1. The van der Waals surface area contributed by atoms with Crippen molar-refractivity contribution >= 4 is 54.4 Å². The highest BCUT2D eigenvalue weighted by Gasteiger charge is 2.10. The minimum Gasteiger partial charge on any atom is -0.467 e. The number of carbonyl (C=O) groups excluding carboxylic acids is 1. The Hall–Kier alpha value is -1.99. The largest absolute Gasteiger partial charge is 0.467 e. The second-order valence-electron chi connectivity index (χ2n) is 5.16. The molecule has 5 nitrogen and oxygen atoms in total. The summed E-state index contributed by atoms with van der Waals surface area (Å²) in [5.74, 6) is 0.112. The molecule has 0 aliphatic carbocycles. The van der Waals surface area contributed by atoms with Crippen LogP contribution in [-0.2, 0) is 4.79 Å². The van der Waals surface area contributed by atoms with E-state index in [1.165, 1.54) is 6.33 Å². The molecule has 1 heterocycles. The number of amides is 1. The van der Waals surface area contributed by atoms with Gasteiger partial charge in [0.2, 0.25) is 5.88 Å². The molecule has 122 valence electrons. The third kappa shape index (κ3) is 3.91. The zero-order valence-corrected chi connectivity index (χ0v) is 15.9. The summed E-state index contributed by atoms with van der Waals surface area (Å²) in [5.41, 5.74) is 2.56. The molecule has 0 saturated heterocycles. The molecule has 3 rings (SSSR count). The zero-order chi connectivity index (χ0) is 17.1. The van der Waals surface area contributed by atoms with Crippen LogP contribution in [0.25, 0.3) is 10.9 Å². The number of aryl methyl sites for hydroxylation is 1. The van der Waals surface area contributed by atoms with Crippen molar-refractivity contribution in [1.82, 2.24) is 9.97 Å². The molecule has 0 bridgehead atoms. The Kier molecular flexibility index (Phi) is 5.11. The van der Waals surface area contributed by atoms with Crippen molar-refractivity contribution in [2.24, 2.45) is 0 Å². The summed E-state index contributed by atoms with van der Waals surface area (Å²) in [6, 6.07) is 11.3. The second-order valence-corrected chi connectivity index (χ2v) is 6.93. The SMILES string of the molecule is Cc1ccc(NC(=O)COc2ncnc3ccc(Br)cc23)c(Br)c1. The number of anilines is 1. The van der Waals surface area contributed by atoms with Gasteiger partial charge in [0.05, 0.1) is 16.6 Å². The van der Waals surface area contributed by atoms with Crippen LogP contribution in [0.5, 0.6) is 5.88 Å². The zero-order valence-electron chi connectivity index (χ0n) is 12.7. The molecular formula is C17H13Br2N3O2. The summed E-state index contributed by atoms with van der Waals surface area (Å²) >= 11 is 6.84. The highest BCUT2D eigenvalue weighted by atomic mass is 79.9. The molecule has 1 amide bonds. The average molecular weight is 451 g/mol. The van der Waals surface area contributed by atoms with Gasteiger partial charge in [-0.1, -0.05) is 22.0 Å². The van der Waals surface area contributed by atoms with E-state index in [0.29, 0.717) is 11.6 Å². The van der Waals surface area contributed by atoms with Crippen LogP contribution in [0.4, 0.5) is 5.69 Å². The summed E-state index contributed by atoms with van der Waals surface area (Å²) in [5, 5.41) is 3.55. The Balaban J connectivity index is 1.71. The van der Waals surface area contributed by atoms with Crippen LogP contribution in [0, 0.1) is 6.92 Å². The maximum absolute atomic E-state index is 12.1. The lowest BCUT2D eigenvalue weighted by Crippen LogP contribution is -2.20. The van der Waals surface area contributed by atoms with Crippen molar-refractivity contribution in [3.63, 3.8) is 0 Å². The number of aromatic nitrogens is 2. The number of nitrogens with one attached hydrogen (secondary N) is 1. The van der Waals surface area contributed by atoms with E-state index in [2.05, 4.69) is 47.1 Å². The van der Waals surface area contributed by atoms with Crippen molar-refractivity contribution in [3.05, 3.63) is 57.2 Å². The number of nitrogens with zero attached hydrogens (tertiary/aromatic N) is 2. The molecule has 0 saturated carbocycles. The topological polar surface area (TPSA) is 64.1 Å². The van der Waals surface area contributed by atoms with Crippen molar-refractivity contribution in [3.8, 4) is 5.88 Å². The van der Waals surface area contributed by atoms with E-state index < -0.39 is 0 Å². The molecule has 7 heteroatoms. The fraction of sp³-hybridized carbons (Fsp3) is 0.118. The van der Waals surface area contributed by atoms with E-state index in [0.717, 1.165) is 25.4 Å². The minimum absolute atomic E-state index is 0.140. The van der Waals surface area contributed by atoms with Crippen LogP contribution >= 0.6 is 31.9 Å². The molecule has 0 aliphatic rings. The van der Waals surface area contributed by atoms with Crippen molar-refractivity contribution in [2.45, 2.75) is 6.92 Å². The molecule has 1 aromatic heterocycles. The summed E-state index contributed by atoms with van der Waals surface area (Å²) in [7, 11) is 0. The van der Waals surface area contributed by atoms with Gasteiger partial charge < -0.3 is 10.1 Å². The van der Waals surface area contributed by atoms with Gasteiger partial charge in [-0.25, -0.2) is 9.97 Å². The summed E-state index contributed by atoms with van der Waals surface area (Å²) < 4.78 is 7.29. The lowest BCUT2D eigenvalue weighted by atomic mass is 10.2. The van der Waals surface area contributed by atoms with Gasteiger partial charge in [-0.05, 0) is 58.7 Å². The first-order valence-electron chi connectivity index (χ1n) is 7.12. The molecule has 24 heavy (non-hydrogen) atoms. The molecule has 2 aromatic carbocycles. The van der Waals surface area contributed by atoms with Gasteiger partial charge in [-0.15, -0.1) is 0 Å². The molecule has 0 spiro atoms. The Bertz CT molecular complexity index is 915. The first-order chi connectivity index (χ1) is 11.5. The van der Waals surface area contributed by atoms with E-state index in [4.69, 9.17) is 4.74 Å². The third-order valence-corrected chi connectivity index (χ3v) is 4.45. The lowest BCUT2D eigenvalue weighted by Gasteiger charge is -2.10. The van der Waals surface area contributed by atoms with Crippen molar-refractivity contribution < 1.29 is 9.53 Å². The van der Waals surface area contributed by atoms with E-state index in [-0.39, 0.29) is 12.5 Å². The number of fused-ring (bicyclic) bond motifs is 1.